The van der Waals surface area contributed by atoms with Gasteiger partial charge in [-0.3, -0.25) is 9.78 Å². The van der Waals surface area contributed by atoms with Crippen molar-refractivity contribution in [3.8, 4) is 0 Å². The Labute approximate surface area is 94.6 Å². The number of carboxylic acids is 1. The van der Waals surface area contributed by atoms with E-state index in [9.17, 15) is 4.79 Å². The topological polar surface area (TPSA) is 62.2 Å². The minimum absolute atomic E-state index is 0. The molecule has 80 valence electrons. The molecule has 0 radical (unpaired) electrons. The molecule has 4 nitrogen and oxygen atoms in total. The highest BCUT2D eigenvalue weighted by Gasteiger charge is 2.08. The molecule has 6 heteroatoms. The summed E-state index contributed by atoms with van der Waals surface area (Å²) in [6.07, 6.45) is 3.22. The first-order valence-electron chi connectivity index (χ1n) is 3.59. The largest absolute Gasteiger partial charge is 0.480 e. The van der Waals surface area contributed by atoms with Crippen LogP contribution in [0.3, 0.4) is 0 Å². The van der Waals surface area contributed by atoms with Crippen LogP contribution in [0.15, 0.2) is 24.5 Å². The summed E-state index contributed by atoms with van der Waals surface area (Å²) in [7, 11) is 0. The van der Waals surface area contributed by atoms with Crippen molar-refractivity contribution in [2.75, 3.05) is 5.32 Å². The molecule has 1 heterocycles. The van der Waals surface area contributed by atoms with Gasteiger partial charge in [0.05, 0.1) is 5.69 Å². The van der Waals surface area contributed by atoms with Gasteiger partial charge in [-0.25, -0.2) is 0 Å². The van der Waals surface area contributed by atoms with Crippen LogP contribution in [0.2, 0.25) is 0 Å². The zero-order chi connectivity index (χ0) is 8.97. The molecule has 0 aliphatic heterocycles. The molecule has 0 fully saturated rings. The smallest absolute Gasteiger partial charge is 0.325 e. The molecule has 0 aliphatic rings. The van der Waals surface area contributed by atoms with Gasteiger partial charge in [0, 0.05) is 12.4 Å². The van der Waals surface area contributed by atoms with E-state index < -0.39 is 12.0 Å². The Morgan fingerprint density at radius 3 is 2.64 bits per heavy atom. The van der Waals surface area contributed by atoms with Gasteiger partial charge in [0.2, 0.25) is 0 Å². The van der Waals surface area contributed by atoms with E-state index in [2.05, 4.69) is 10.3 Å². The van der Waals surface area contributed by atoms with Gasteiger partial charge in [0.15, 0.2) is 0 Å². The van der Waals surface area contributed by atoms with Crippen LogP contribution in [-0.4, -0.2) is 22.1 Å². The molecule has 0 aromatic carbocycles. The van der Waals surface area contributed by atoms with Crippen LogP contribution in [0, 0.1) is 0 Å². The molecule has 0 bridgehead atoms. The highest BCUT2D eigenvalue weighted by atomic mass is 35.5. The number of hydrogen-bond donors (Lipinski definition) is 2. The van der Waals surface area contributed by atoms with Crippen molar-refractivity contribution in [3.63, 3.8) is 0 Å². The third-order valence-electron chi connectivity index (χ3n) is 1.42. The number of aliphatic carboxylic acids is 1. The third-order valence-corrected chi connectivity index (χ3v) is 1.42. The molecule has 1 rings (SSSR count). The number of nitrogens with zero attached hydrogens (tertiary/aromatic N) is 1. The summed E-state index contributed by atoms with van der Waals surface area (Å²) in [5.74, 6) is -0.876. The molecule has 1 aromatic rings. The van der Waals surface area contributed by atoms with Crippen molar-refractivity contribution in [3.05, 3.63) is 24.5 Å². The first-order valence-corrected chi connectivity index (χ1v) is 3.59. The quantitative estimate of drug-likeness (QED) is 0.844. The van der Waals surface area contributed by atoms with Crippen molar-refractivity contribution in [2.45, 2.75) is 13.0 Å². The van der Waals surface area contributed by atoms with Crippen LogP contribution >= 0.6 is 24.8 Å². The number of hydrogen-bond acceptors (Lipinski definition) is 3. The predicted octanol–water partition coefficient (Wildman–Crippen LogP) is 1.81. The predicted molar refractivity (Wildman–Crippen MR) is 59.5 cm³/mol. The fraction of sp³-hybridized carbons (Fsp3) is 0.250. The van der Waals surface area contributed by atoms with Crippen molar-refractivity contribution in [2.24, 2.45) is 0 Å². The zero-order valence-electron chi connectivity index (χ0n) is 7.51. The van der Waals surface area contributed by atoms with Crippen molar-refractivity contribution in [1.29, 1.82) is 0 Å². The van der Waals surface area contributed by atoms with Gasteiger partial charge < -0.3 is 10.4 Å². The van der Waals surface area contributed by atoms with E-state index in [4.69, 9.17) is 5.11 Å². The number of aromatic nitrogens is 1. The summed E-state index contributed by atoms with van der Waals surface area (Å²) in [6, 6.07) is 2.93. The summed E-state index contributed by atoms with van der Waals surface area (Å²) in [4.78, 5) is 14.3. The van der Waals surface area contributed by atoms with Gasteiger partial charge in [-0.15, -0.1) is 24.8 Å². The summed E-state index contributed by atoms with van der Waals surface area (Å²) in [5.41, 5.74) is 0.715. The number of carbonyl (C=O) groups is 1. The molecule has 2 N–H and O–H groups in total. The summed E-state index contributed by atoms with van der Waals surface area (Å²) >= 11 is 0. The second-order valence-corrected chi connectivity index (χ2v) is 2.45. The Morgan fingerprint density at radius 1 is 1.57 bits per heavy atom. The van der Waals surface area contributed by atoms with Crippen LogP contribution < -0.4 is 5.32 Å². The monoisotopic (exact) mass is 238 g/mol. The molecular formula is C8H12Cl2N2O2. The molecule has 0 saturated carbocycles. The molecule has 1 aromatic heterocycles. The Kier molecular flexibility index (Phi) is 8.19. The lowest BCUT2D eigenvalue weighted by atomic mass is 10.3. The summed E-state index contributed by atoms with van der Waals surface area (Å²) in [5, 5.41) is 11.3. The maximum Gasteiger partial charge on any atom is 0.325 e. The van der Waals surface area contributed by atoms with E-state index in [0.29, 0.717) is 5.69 Å². The first kappa shape index (κ1) is 15.5. The second kappa shape index (κ2) is 7.41. The van der Waals surface area contributed by atoms with E-state index in [1.54, 1.807) is 31.5 Å². The molecule has 0 spiro atoms. The minimum Gasteiger partial charge on any atom is -0.480 e. The number of rotatable bonds is 3. The molecular weight excluding hydrogens is 227 g/mol. The lowest BCUT2D eigenvalue weighted by Crippen LogP contribution is -2.25. The SMILES string of the molecule is CC(Nc1cccnc1)C(=O)O.Cl.Cl. The van der Waals surface area contributed by atoms with Gasteiger partial charge in [0.25, 0.3) is 0 Å². The molecule has 1 atom stereocenters. The second-order valence-electron chi connectivity index (χ2n) is 2.45. The number of carboxylic acid groups (broad SMARTS) is 1. The molecule has 0 amide bonds. The number of pyridine rings is 1. The highest BCUT2D eigenvalue weighted by molar-refractivity contribution is 5.85. The lowest BCUT2D eigenvalue weighted by Gasteiger charge is -2.08. The highest BCUT2D eigenvalue weighted by Crippen LogP contribution is 2.04. The van der Waals surface area contributed by atoms with Gasteiger partial charge in [-0.2, -0.15) is 0 Å². The Bertz CT molecular complexity index is 269. The average molecular weight is 239 g/mol. The van der Waals surface area contributed by atoms with Gasteiger partial charge in [-0.05, 0) is 19.1 Å². The van der Waals surface area contributed by atoms with Gasteiger partial charge in [-0.1, -0.05) is 0 Å². The summed E-state index contributed by atoms with van der Waals surface area (Å²) in [6.45, 7) is 1.58. The van der Waals surface area contributed by atoms with Crippen LogP contribution in [0.4, 0.5) is 5.69 Å². The van der Waals surface area contributed by atoms with E-state index in [-0.39, 0.29) is 24.8 Å². The molecule has 14 heavy (non-hydrogen) atoms. The molecule has 0 saturated heterocycles. The standard InChI is InChI=1S/C8H10N2O2.2ClH/c1-6(8(11)12)10-7-3-2-4-9-5-7;;/h2-6,10H,1H3,(H,11,12);2*1H. The third kappa shape index (κ3) is 4.89. The van der Waals surface area contributed by atoms with Gasteiger partial charge >= 0.3 is 5.97 Å². The Balaban J connectivity index is 0. The first-order chi connectivity index (χ1) is 5.70. The van der Waals surface area contributed by atoms with Crippen LogP contribution in [0.25, 0.3) is 0 Å². The van der Waals surface area contributed by atoms with Crippen LogP contribution in [0.1, 0.15) is 6.92 Å². The molecule has 1 unspecified atom stereocenters. The summed E-state index contributed by atoms with van der Waals surface area (Å²) < 4.78 is 0. The van der Waals surface area contributed by atoms with Crippen molar-refractivity contribution < 1.29 is 9.90 Å². The minimum atomic E-state index is -0.876. The van der Waals surface area contributed by atoms with Crippen LogP contribution in [-0.2, 0) is 4.79 Å². The maximum absolute atomic E-state index is 10.4. The van der Waals surface area contributed by atoms with Crippen molar-refractivity contribution >= 4 is 36.5 Å². The Morgan fingerprint density at radius 2 is 2.21 bits per heavy atom. The average Bonchev–Trinajstić information content (AvgIpc) is 2.06. The maximum atomic E-state index is 10.4. The fourth-order valence-electron chi connectivity index (χ4n) is 0.760. The van der Waals surface area contributed by atoms with E-state index in [1.165, 1.54) is 0 Å². The van der Waals surface area contributed by atoms with Crippen molar-refractivity contribution in [1.82, 2.24) is 4.98 Å². The molecule has 0 aliphatic carbocycles. The van der Waals surface area contributed by atoms with E-state index in [0.717, 1.165) is 0 Å². The zero-order valence-corrected chi connectivity index (χ0v) is 9.14. The van der Waals surface area contributed by atoms with Crippen LogP contribution in [0.5, 0.6) is 0 Å². The number of anilines is 1. The number of nitrogens with one attached hydrogen (secondary N) is 1. The van der Waals surface area contributed by atoms with E-state index in [1.807, 2.05) is 0 Å². The normalized spacial score (nSPS) is 10.4. The lowest BCUT2D eigenvalue weighted by molar-refractivity contribution is -0.137. The van der Waals surface area contributed by atoms with Gasteiger partial charge in [0.1, 0.15) is 6.04 Å². The Hall–Kier alpha value is -1.00. The van der Waals surface area contributed by atoms with E-state index >= 15 is 0 Å². The number of halogens is 2. The fourth-order valence-corrected chi connectivity index (χ4v) is 0.760.